The largest absolute Gasteiger partial charge is 0.257 e. The number of fused-ring (bicyclic) bond motifs is 1. The maximum Gasteiger partial charge on any atom is 0.123 e. The summed E-state index contributed by atoms with van der Waals surface area (Å²) in [6.45, 7) is 2.09. The van der Waals surface area contributed by atoms with Gasteiger partial charge in [0.15, 0.2) is 0 Å². The molecular formula is C16H14ClFN2. The average Bonchev–Trinajstić information content (AvgIpc) is 2.87. The molecule has 0 bridgehead atoms. The molecule has 1 heterocycles. The number of aromatic nitrogens is 2. The molecule has 0 fully saturated rings. The van der Waals surface area contributed by atoms with Crippen LogP contribution in [0.25, 0.3) is 10.9 Å². The first-order chi connectivity index (χ1) is 9.70. The Labute approximate surface area is 121 Å². The lowest BCUT2D eigenvalue weighted by atomic mass is 10.0. The molecule has 3 rings (SSSR count). The van der Waals surface area contributed by atoms with Crippen molar-refractivity contribution in [3.05, 3.63) is 65.1 Å². The van der Waals surface area contributed by atoms with Gasteiger partial charge in [0, 0.05) is 5.39 Å². The minimum absolute atomic E-state index is 0.0755. The van der Waals surface area contributed by atoms with Crippen LogP contribution < -0.4 is 0 Å². The normalized spacial score (nSPS) is 12.8. The monoisotopic (exact) mass is 288 g/mol. The van der Waals surface area contributed by atoms with E-state index >= 15 is 0 Å². The van der Waals surface area contributed by atoms with Gasteiger partial charge in [-0.3, -0.25) is 4.68 Å². The third-order valence-electron chi connectivity index (χ3n) is 3.52. The lowest BCUT2D eigenvalue weighted by Gasteiger charge is -2.17. The Balaban J connectivity index is 2.12. The van der Waals surface area contributed by atoms with E-state index in [9.17, 15) is 4.39 Å². The second-order valence-corrected chi connectivity index (χ2v) is 5.14. The van der Waals surface area contributed by atoms with Crippen LogP contribution in [-0.2, 0) is 0 Å². The number of halogens is 2. The first-order valence-corrected chi connectivity index (χ1v) is 6.95. The van der Waals surface area contributed by atoms with Crippen LogP contribution in [0.3, 0.4) is 0 Å². The summed E-state index contributed by atoms with van der Waals surface area (Å²) in [5.74, 6) is -0.225. The van der Waals surface area contributed by atoms with Crippen molar-refractivity contribution < 1.29 is 4.39 Å². The quantitative estimate of drug-likeness (QED) is 0.675. The second kappa shape index (κ2) is 5.25. The summed E-state index contributed by atoms with van der Waals surface area (Å²) in [4.78, 5) is 0. The van der Waals surface area contributed by atoms with Gasteiger partial charge in [-0.1, -0.05) is 36.7 Å². The SMILES string of the molecule is CCC(c1ccc(F)cc1)n1ncc2c(Cl)cccc21. The third kappa shape index (κ3) is 2.18. The molecule has 0 aliphatic heterocycles. The van der Waals surface area contributed by atoms with Crippen molar-refractivity contribution in [1.82, 2.24) is 9.78 Å². The fourth-order valence-electron chi connectivity index (χ4n) is 2.52. The van der Waals surface area contributed by atoms with Crippen LogP contribution in [-0.4, -0.2) is 9.78 Å². The van der Waals surface area contributed by atoms with Crippen LogP contribution in [0.2, 0.25) is 5.02 Å². The Morgan fingerprint density at radius 1 is 1.20 bits per heavy atom. The molecule has 20 heavy (non-hydrogen) atoms. The second-order valence-electron chi connectivity index (χ2n) is 4.74. The smallest absolute Gasteiger partial charge is 0.123 e. The fraction of sp³-hybridized carbons (Fsp3) is 0.188. The molecule has 0 spiro atoms. The van der Waals surface area contributed by atoms with Crippen LogP contribution in [0, 0.1) is 5.82 Å². The average molecular weight is 289 g/mol. The van der Waals surface area contributed by atoms with Crippen molar-refractivity contribution in [1.29, 1.82) is 0 Å². The van der Waals surface area contributed by atoms with Crippen LogP contribution in [0.1, 0.15) is 24.9 Å². The lowest BCUT2D eigenvalue weighted by Crippen LogP contribution is -2.11. The summed E-state index contributed by atoms with van der Waals surface area (Å²) in [7, 11) is 0. The van der Waals surface area contributed by atoms with Crippen molar-refractivity contribution in [2.24, 2.45) is 0 Å². The van der Waals surface area contributed by atoms with Crippen molar-refractivity contribution >= 4 is 22.5 Å². The van der Waals surface area contributed by atoms with E-state index in [1.165, 1.54) is 12.1 Å². The van der Waals surface area contributed by atoms with Gasteiger partial charge in [0.2, 0.25) is 0 Å². The molecule has 1 aromatic heterocycles. The Kier molecular flexibility index (Phi) is 3.45. The summed E-state index contributed by atoms with van der Waals surface area (Å²) in [5, 5.41) is 6.10. The maximum absolute atomic E-state index is 13.1. The van der Waals surface area contributed by atoms with Gasteiger partial charge in [-0.25, -0.2) is 4.39 Å². The van der Waals surface area contributed by atoms with Crippen LogP contribution in [0.15, 0.2) is 48.7 Å². The topological polar surface area (TPSA) is 17.8 Å². The highest BCUT2D eigenvalue weighted by atomic mass is 35.5. The molecule has 1 atom stereocenters. The van der Waals surface area contributed by atoms with Gasteiger partial charge >= 0.3 is 0 Å². The predicted molar refractivity (Wildman–Crippen MR) is 79.6 cm³/mol. The fourth-order valence-corrected chi connectivity index (χ4v) is 2.74. The van der Waals surface area contributed by atoms with Gasteiger partial charge in [0.1, 0.15) is 5.82 Å². The van der Waals surface area contributed by atoms with Crippen molar-refractivity contribution in [3.63, 3.8) is 0 Å². The number of nitrogens with zero attached hydrogens (tertiary/aromatic N) is 2. The molecule has 0 radical (unpaired) electrons. The Morgan fingerprint density at radius 3 is 2.65 bits per heavy atom. The van der Waals surface area contributed by atoms with Crippen LogP contribution in [0.4, 0.5) is 4.39 Å². The van der Waals surface area contributed by atoms with Gasteiger partial charge < -0.3 is 0 Å². The van der Waals surface area contributed by atoms with Crippen LogP contribution in [0.5, 0.6) is 0 Å². The molecule has 0 aliphatic carbocycles. The van der Waals surface area contributed by atoms with Crippen molar-refractivity contribution in [3.8, 4) is 0 Å². The number of hydrogen-bond acceptors (Lipinski definition) is 1. The van der Waals surface area contributed by atoms with Crippen LogP contribution >= 0.6 is 11.6 Å². The molecule has 2 nitrogen and oxygen atoms in total. The minimum Gasteiger partial charge on any atom is -0.257 e. The Bertz CT molecular complexity index is 734. The Morgan fingerprint density at radius 2 is 1.95 bits per heavy atom. The van der Waals surface area contributed by atoms with Gasteiger partial charge in [0.05, 0.1) is 22.8 Å². The summed E-state index contributed by atoms with van der Waals surface area (Å²) < 4.78 is 15.0. The molecule has 0 saturated heterocycles. The molecule has 2 aromatic carbocycles. The predicted octanol–water partition coefficient (Wildman–Crippen LogP) is 4.83. The first kappa shape index (κ1) is 13.1. The molecular weight excluding hydrogens is 275 g/mol. The molecule has 102 valence electrons. The van der Waals surface area contributed by atoms with E-state index in [0.717, 1.165) is 22.9 Å². The molecule has 0 N–H and O–H groups in total. The van der Waals surface area contributed by atoms with E-state index in [1.807, 2.05) is 35.0 Å². The van der Waals surface area contributed by atoms with Gasteiger partial charge in [-0.15, -0.1) is 0 Å². The van der Waals surface area contributed by atoms with E-state index in [0.29, 0.717) is 5.02 Å². The highest BCUT2D eigenvalue weighted by Crippen LogP contribution is 2.29. The van der Waals surface area contributed by atoms with Gasteiger partial charge in [-0.2, -0.15) is 5.10 Å². The molecule has 0 saturated carbocycles. The van der Waals surface area contributed by atoms with E-state index < -0.39 is 0 Å². The minimum atomic E-state index is -0.225. The van der Waals surface area contributed by atoms with E-state index in [2.05, 4.69) is 12.0 Å². The van der Waals surface area contributed by atoms with E-state index in [4.69, 9.17) is 11.6 Å². The highest BCUT2D eigenvalue weighted by Gasteiger charge is 2.16. The molecule has 3 aromatic rings. The third-order valence-corrected chi connectivity index (χ3v) is 3.85. The first-order valence-electron chi connectivity index (χ1n) is 6.58. The zero-order valence-corrected chi connectivity index (χ0v) is 11.8. The molecule has 0 aliphatic rings. The number of benzene rings is 2. The summed E-state index contributed by atoms with van der Waals surface area (Å²) in [5.41, 5.74) is 2.03. The van der Waals surface area contributed by atoms with Gasteiger partial charge in [-0.05, 0) is 36.2 Å². The summed E-state index contributed by atoms with van der Waals surface area (Å²) in [6.07, 6.45) is 2.65. The van der Waals surface area contributed by atoms with E-state index in [-0.39, 0.29) is 11.9 Å². The van der Waals surface area contributed by atoms with Crippen molar-refractivity contribution in [2.45, 2.75) is 19.4 Å². The number of hydrogen-bond donors (Lipinski definition) is 0. The van der Waals surface area contributed by atoms with E-state index in [1.54, 1.807) is 6.20 Å². The molecule has 0 amide bonds. The Hall–Kier alpha value is -1.87. The van der Waals surface area contributed by atoms with Crippen molar-refractivity contribution in [2.75, 3.05) is 0 Å². The van der Waals surface area contributed by atoms with Gasteiger partial charge in [0.25, 0.3) is 0 Å². The maximum atomic E-state index is 13.1. The lowest BCUT2D eigenvalue weighted by molar-refractivity contribution is 0.523. The zero-order chi connectivity index (χ0) is 14.1. The zero-order valence-electron chi connectivity index (χ0n) is 11.1. The summed E-state index contributed by atoms with van der Waals surface area (Å²) >= 11 is 6.18. The number of rotatable bonds is 3. The molecule has 4 heteroatoms. The highest BCUT2D eigenvalue weighted by molar-refractivity contribution is 6.35. The molecule has 1 unspecified atom stereocenters. The standard InChI is InChI=1S/C16H14ClFN2/c1-2-15(11-6-8-12(18)9-7-11)20-16-5-3-4-14(17)13(16)10-19-20/h3-10,15H,2H2,1H3. The summed E-state index contributed by atoms with van der Waals surface area (Å²) in [6, 6.07) is 12.4.